The highest BCUT2D eigenvalue weighted by atomic mass is 32.1. The average Bonchev–Trinajstić information content (AvgIpc) is 2.79. The zero-order chi connectivity index (χ0) is 10.7. The van der Waals surface area contributed by atoms with E-state index < -0.39 is 0 Å². The maximum atomic E-state index is 5.18. The summed E-state index contributed by atoms with van der Waals surface area (Å²) in [6.45, 7) is 7.09. The minimum atomic E-state index is 0.672. The van der Waals surface area contributed by atoms with E-state index in [9.17, 15) is 0 Å². The molecular formula is C11H19N3S. The topological polar surface area (TPSA) is 24.0 Å². The molecular weight excluding hydrogens is 206 g/mol. The number of hydrogen-bond acceptors (Lipinski definition) is 2. The maximum Gasteiger partial charge on any atom is 0.177 e. The van der Waals surface area contributed by atoms with Crippen molar-refractivity contribution in [3.05, 3.63) is 17.2 Å². The van der Waals surface area contributed by atoms with Crippen LogP contribution >= 0.6 is 12.2 Å². The first kappa shape index (κ1) is 10.9. The smallest absolute Gasteiger partial charge is 0.177 e. The van der Waals surface area contributed by atoms with Gasteiger partial charge in [-0.15, -0.1) is 0 Å². The average molecular weight is 225 g/mol. The van der Waals surface area contributed by atoms with Crippen molar-refractivity contribution in [1.82, 2.24) is 14.5 Å². The van der Waals surface area contributed by atoms with Gasteiger partial charge in [-0.25, -0.2) is 0 Å². The Hall–Kier alpha value is -0.610. The minimum Gasteiger partial charge on any atom is -0.337 e. The van der Waals surface area contributed by atoms with Crippen LogP contribution in [0.3, 0.4) is 0 Å². The van der Waals surface area contributed by atoms with Crippen LogP contribution in [0.5, 0.6) is 0 Å². The first-order valence-corrected chi connectivity index (χ1v) is 6.12. The lowest BCUT2D eigenvalue weighted by Crippen LogP contribution is -2.27. The Labute approximate surface area is 96.1 Å². The first-order valence-electron chi connectivity index (χ1n) is 5.72. The molecule has 15 heavy (non-hydrogen) atoms. The van der Waals surface area contributed by atoms with Crippen LogP contribution in [0, 0.1) is 10.7 Å². The standard InChI is InChI=1S/C11H19N3S/c1-10(8-13-5-2-3-6-13)9-14-7-4-12-11(14)15/h4,7,10H,2-3,5-6,8-9H2,1H3,(H,12,15). The number of H-pyrrole nitrogens is 1. The Morgan fingerprint density at radius 3 is 2.73 bits per heavy atom. The molecule has 2 rings (SSSR count). The molecule has 1 aromatic rings. The van der Waals surface area contributed by atoms with Gasteiger partial charge in [-0.3, -0.25) is 0 Å². The largest absolute Gasteiger partial charge is 0.337 e. The van der Waals surface area contributed by atoms with Crippen molar-refractivity contribution < 1.29 is 0 Å². The number of likely N-dealkylation sites (tertiary alicyclic amines) is 1. The Bertz CT molecular complexity index is 349. The van der Waals surface area contributed by atoms with Crippen molar-refractivity contribution in [2.45, 2.75) is 26.3 Å². The number of nitrogens with zero attached hydrogens (tertiary/aromatic N) is 2. The van der Waals surface area contributed by atoms with Gasteiger partial charge in [-0.2, -0.15) is 0 Å². The van der Waals surface area contributed by atoms with Crippen molar-refractivity contribution in [2.24, 2.45) is 5.92 Å². The van der Waals surface area contributed by atoms with Crippen LogP contribution in [0.25, 0.3) is 0 Å². The van der Waals surface area contributed by atoms with Gasteiger partial charge < -0.3 is 14.5 Å². The summed E-state index contributed by atoms with van der Waals surface area (Å²) in [6.07, 6.45) is 6.68. The van der Waals surface area contributed by atoms with E-state index in [0.717, 1.165) is 11.3 Å². The van der Waals surface area contributed by atoms with Gasteiger partial charge >= 0.3 is 0 Å². The highest BCUT2D eigenvalue weighted by molar-refractivity contribution is 7.71. The van der Waals surface area contributed by atoms with Crippen LogP contribution in [0.2, 0.25) is 0 Å². The van der Waals surface area contributed by atoms with Crippen molar-refractivity contribution in [3.8, 4) is 0 Å². The number of hydrogen-bond donors (Lipinski definition) is 1. The minimum absolute atomic E-state index is 0.672. The number of imidazole rings is 1. The molecule has 1 unspecified atom stereocenters. The van der Waals surface area contributed by atoms with Gasteiger partial charge in [0.05, 0.1) is 0 Å². The zero-order valence-corrected chi connectivity index (χ0v) is 10.1. The van der Waals surface area contributed by atoms with E-state index in [0.29, 0.717) is 5.92 Å². The summed E-state index contributed by atoms with van der Waals surface area (Å²) in [5, 5.41) is 0. The van der Waals surface area contributed by atoms with Gasteiger partial charge in [0.2, 0.25) is 0 Å². The maximum absolute atomic E-state index is 5.18. The van der Waals surface area contributed by atoms with E-state index in [1.54, 1.807) is 0 Å². The summed E-state index contributed by atoms with van der Waals surface area (Å²) in [6, 6.07) is 0. The Morgan fingerprint density at radius 2 is 2.13 bits per heavy atom. The molecule has 1 fully saturated rings. The second-order valence-corrected chi connectivity index (χ2v) is 4.92. The van der Waals surface area contributed by atoms with Gasteiger partial charge in [0.1, 0.15) is 0 Å². The van der Waals surface area contributed by atoms with E-state index in [1.807, 2.05) is 12.4 Å². The molecule has 1 saturated heterocycles. The third kappa shape index (κ3) is 2.92. The van der Waals surface area contributed by atoms with Gasteiger partial charge in [-0.1, -0.05) is 6.92 Å². The molecule has 84 valence electrons. The third-order valence-electron chi connectivity index (χ3n) is 3.00. The van der Waals surface area contributed by atoms with Gasteiger partial charge in [0.25, 0.3) is 0 Å². The lowest BCUT2D eigenvalue weighted by atomic mass is 10.1. The van der Waals surface area contributed by atoms with E-state index in [2.05, 4.69) is 21.4 Å². The van der Waals surface area contributed by atoms with E-state index >= 15 is 0 Å². The van der Waals surface area contributed by atoms with E-state index in [4.69, 9.17) is 12.2 Å². The molecule has 0 radical (unpaired) electrons. The van der Waals surface area contributed by atoms with Gasteiger partial charge in [0, 0.05) is 25.5 Å². The second kappa shape index (κ2) is 4.94. The quantitative estimate of drug-likeness (QED) is 0.795. The summed E-state index contributed by atoms with van der Waals surface area (Å²) < 4.78 is 2.96. The molecule has 0 aliphatic carbocycles. The first-order chi connectivity index (χ1) is 7.25. The normalized spacial score (nSPS) is 19.5. The van der Waals surface area contributed by atoms with Crippen molar-refractivity contribution >= 4 is 12.2 Å². The fourth-order valence-electron chi connectivity index (χ4n) is 2.29. The summed E-state index contributed by atoms with van der Waals surface area (Å²) in [5.41, 5.74) is 0. The molecule has 1 aromatic heterocycles. The lowest BCUT2D eigenvalue weighted by Gasteiger charge is -2.20. The SMILES string of the molecule is CC(CN1CCCC1)Cn1cc[nH]c1=S. The third-order valence-corrected chi connectivity index (χ3v) is 3.35. The number of nitrogens with one attached hydrogen (secondary N) is 1. The molecule has 1 aliphatic rings. The Balaban J connectivity index is 1.84. The summed E-state index contributed by atoms with van der Waals surface area (Å²) in [5.74, 6) is 0.672. The molecule has 0 saturated carbocycles. The van der Waals surface area contributed by atoms with Gasteiger partial charge in [-0.05, 0) is 44.1 Å². The van der Waals surface area contributed by atoms with E-state index in [1.165, 1.54) is 32.5 Å². The summed E-state index contributed by atoms with van der Waals surface area (Å²) in [7, 11) is 0. The van der Waals surface area contributed by atoms with Crippen molar-refractivity contribution in [1.29, 1.82) is 0 Å². The second-order valence-electron chi connectivity index (χ2n) is 4.53. The fraction of sp³-hybridized carbons (Fsp3) is 0.727. The fourth-order valence-corrected chi connectivity index (χ4v) is 2.50. The van der Waals surface area contributed by atoms with Crippen LogP contribution < -0.4 is 0 Å². The van der Waals surface area contributed by atoms with Gasteiger partial charge in [0.15, 0.2) is 4.77 Å². The molecule has 0 bridgehead atoms. The molecule has 1 N–H and O–H groups in total. The van der Waals surface area contributed by atoms with Crippen molar-refractivity contribution in [2.75, 3.05) is 19.6 Å². The molecule has 0 aromatic carbocycles. The zero-order valence-electron chi connectivity index (χ0n) is 9.28. The number of aromatic nitrogens is 2. The summed E-state index contributed by atoms with van der Waals surface area (Å²) >= 11 is 5.18. The molecule has 4 heteroatoms. The van der Waals surface area contributed by atoms with E-state index in [-0.39, 0.29) is 0 Å². The van der Waals surface area contributed by atoms with Crippen molar-refractivity contribution in [3.63, 3.8) is 0 Å². The highest BCUT2D eigenvalue weighted by Crippen LogP contribution is 2.11. The Kier molecular flexibility index (Phi) is 3.59. The predicted molar refractivity (Wildman–Crippen MR) is 64.5 cm³/mol. The van der Waals surface area contributed by atoms with Crippen LogP contribution in [-0.2, 0) is 6.54 Å². The predicted octanol–water partition coefficient (Wildman–Crippen LogP) is 2.28. The molecule has 1 atom stereocenters. The molecule has 1 aliphatic heterocycles. The molecule has 0 spiro atoms. The van der Waals surface area contributed by atoms with Crippen LogP contribution in [0.4, 0.5) is 0 Å². The Morgan fingerprint density at radius 1 is 1.40 bits per heavy atom. The summed E-state index contributed by atoms with van der Waals surface area (Å²) in [4.78, 5) is 5.59. The highest BCUT2D eigenvalue weighted by Gasteiger charge is 2.14. The molecule has 3 nitrogen and oxygen atoms in total. The molecule has 2 heterocycles. The number of aromatic amines is 1. The van der Waals surface area contributed by atoms with Crippen LogP contribution in [0.15, 0.2) is 12.4 Å². The monoisotopic (exact) mass is 225 g/mol. The lowest BCUT2D eigenvalue weighted by molar-refractivity contribution is 0.271. The van der Waals surface area contributed by atoms with Crippen LogP contribution in [0.1, 0.15) is 19.8 Å². The number of rotatable bonds is 4. The molecule has 0 amide bonds. The van der Waals surface area contributed by atoms with Crippen LogP contribution in [-0.4, -0.2) is 34.1 Å².